The molecule has 2 fully saturated rings. The molecule has 2 nitrogen and oxygen atoms in total. The predicted octanol–water partition coefficient (Wildman–Crippen LogP) is 5.77. The lowest BCUT2D eigenvalue weighted by Gasteiger charge is -2.39. The Balaban J connectivity index is 1.65. The van der Waals surface area contributed by atoms with Gasteiger partial charge in [-0.1, -0.05) is 78.9 Å². The van der Waals surface area contributed by atoms with Gasteiger partial charge < -0.3 is 4.90 Å². The van der Waals surface area contributed by atoms with Crippen molar-refractivity contribution in [3.05, 3.63) is 113 Å². The van der Waals surface area contributed by atoms with Gasteiger partial charge >= 0.3 is 0 Å². The summed E-state index contributed by atoms with van der Waals surface area (Å²) in [6, 6.07) is 31.1. The molecule has 5 rings (SSSR count). The van der Waals surface area contributed by atoms with Crippen molar-refractivity contribution in [3.63, 3.8) is 0 Å². The lowest BCUT2D eigenvalue weighted by atomic mass is 9.87. The number of benzene rings is 3. The summed E-state index contributed by atoms with van der Waals surface area (Å²) in [4.78, 5) is 16.1. The smallest absolute Gasteiger partial charge is 0.189 e. The van der Waals surface area contributed by atoms with E-state index in [9.17, 15) is 4.79 Å². The minimum Gasteiger partial charge on any atom is -0.357 e. The molecule has 2 aliphatic heterocycles. The van der Waals surface area contributed by atoms with Gasteiger partial charge in [-0.05, 0) is 48.3 Å². The van der Waals surface area contributed by atoms with Gasteiger partial charge in [0.05, 0.1) is 12.1 Å². The Labute approximate surface area is 171 Å². The van der Waals surface area contributed by atoms with E-state index >= 15 is 0 Å². The lowest BCUT2D eigenvalue weighted by Crippen LogP contribution is -2.46. The summed E-state index contributed by atoms with van der Waals surface area (Å²) in [6.07, 6.45) is 6.17. The number of carbonyl (C=O) groups excluding carboxylic acids is 1. The minimum absolute atomic E-state index is 0.128. The zero-order valence-corrected chi connectivity index (χ0v) is 16.2. The number of anilines is 1. The van der Waals surface area contributed by atoms with Crippen LogP contribution in [0.4, 0.5) is 5.69 Å². The number of hydrogen-bond donors (Lipinski definition) is 0. The van der Waals surface area contributed by atoms with E-state index in [1.807, 2.05) is 42.5 Å². The molecule has 2 saturated heterocycles. The maximum Gasteiger partial charge on any atom is 0.189 e. The maximum absolute atomic E-state index is 13.6. The topological polar surface area (TPSA) is 20.3 Å². The van der Waals surface area contributed by atoms with Gasteiger partial charge in [-0.25, -0.2) is 0 Å². The minimum atomic E-state index is 0.128. The van der Waals surface area contributed by atoms with Crippen molar-refractivity contribution in [2.75, 3.05) is 4.90 Å². The van der Waals surface area contributed by atoms with Crippen LogP contribution in [-0.2, 0) is 4.79 Å². The average Bonchev–Trinajstić information content (AvgIpc) is 3.16. The van der Waals surface area contributed by atoms with Crippen molar-refractivity contribution < 1.29 is 4.79 Å². The van der Waals surface area contributed by atoms with Crippen molar-refractivity contribution in [2.45, 2.75) is 24.9 Å². The van der Waals surface area contributed by atoms with E-state index in [0.717, 1.165) is 35.1 Å². The molecule has 0 amide bonds. The van der Waals surface area contributed by atoms with Crippen LogP contribution in [0, 0.1) is 0 Å². The van der Waals surface area contributed by atoms with Gasteiger partial charge in [0.2, 0.25) is 0 Å². The monoisotopic (exact) mass is 377 g/mol. The first kappa shape index (κ1) is 17.7. The predicted molar refractivity (Wildman–Crippen MR) is 120 cm³/mol. The molecule has 2 bridgehead atoms. The molecule has 2 aliphatic rings. The van der Waals surface area contributed by atoms with Crippen LogP contribution in [0.2, 0.25) is 0 Å². The summed E-state index contributed by atoms with van der Waals surface area (Å²) in [6.45, 7) is 0. The average molecular weight is 377 g/mol. The highest BCUT2D eigenvalue weighted by molar-refractivity contribution is 6.17. The van der Waals surface area contributed by atoms with Crippen LogP contribution in [0.25, 0.3) is 12.2 Å². The van der Waals surface area contributed by atoms with Gasteiger partial charge in [-0.15, -0.1) is 0 Å². The van der Waals surface area contributed by atoms with Crippen molar-refractivity contribution in [3.8, 4) is 0 Å². The molecule has 0 aliphatic carbocycles. The third kappa shape index (κ3) is 3.31. The Morgan fingerprint density at radius 1 is 0.621 bits per heavy atom. The van der Waals surface area contributed by atoms with Crippen LogP contribution >= 0.6 is 0 Å². The summed E-state index contributed by atoms with van der Waals surface area (Å²) in [5, 5.41) is 0. The van der Waals surface area contributed by atoms with Gasteiger partial charge in [0.25, 0.3) is 0 Å². The first-order valence-corrected chi connectivity index (χ1v) is 10.2. The zero-order valence-electron chi connectivity index (χ0n) is 16.2. The number of para-hydroxylation sites is 1. The number of hydrogen-bond acceptors (Lipinski definition) is 2. The Morgan fingerprint density at radius 3 is 1.48 bits per heavy atom. The second-order valence-corrected chi connectivity index (χ2v) is 7.70. The molecule has 142 valence electrons. The number of carbonyl (C=O) groups is 1. The standard InChI is InChI=1S/C27H23NO/c29-27-23(18-20-10-4-1-5-11-20)25-16-17-26(28(25)22-14-8-3-9-15-22)24(27)19-21-12-6-2-7-13-21/h1-15,18-19,25-26H,16-17H2/b23-18+,24-19?/t25-,26+/m0/s1. The summed E-state index contributed by atoms with van der Waals surface area (Å²) in [5.41, 5.74) is 5.14. The maximum atomic E-state index is 13.6. The van der Waals surface area contributed by atoms with Crippen molar-refractivity contribution >= 4 is 23.6 Å². The second kappa shape index (κ2) is 7.56. The third-order valence-electron chi connectivity index (χ3n) is 5.93. The van der Waals surface area contributed by atoms with E-state index in [0.29, 0.717) is 0 Å². The summed E-state index contributed by atoms with van der Waals surface area (Å²) in [5.74, 6) is 0.192. The Hall–Kier alpha value is -3.39. The van der Waals surface area contributed by atoms with E-state index < -0.39 is 0 Å². The molecule has 0 saturated carbocycles. The van der Waals surface area contributed by atoms with Gasteiger partial charge in [0.15, 0.2) is 5.78 Å². The molecule has 2 atom stereocenters. The highest BCUT2D eigenvalue weighted by Gasteiger charge is 2.46. The third-order valence-corrected chi connectivity index (χ3v) is 5.93. The van der Waals surface area contributed by atoms with Gasteiger partial charge in [0.1, 0.15) is 0 Å². The second-order valence-electron chi connectivity index (χ2n) is 7.70. The summed E-state index contributed by atoms with van der Waals surface area (Å²) >= 11 is 0. The number of rotatable bonds is 3. The number of Topliss-reactive ketones (excluding diaryl/α,β-unsaturated/α-hetero) is 1. The van der Waals surface area contributed by atoms with E-state index in [1.165, 1.54) is 5.69 Å². The molecule has 3 aromatic rings. The number of ketones is 1. The largest absolute Gasteiger partial charge is 0.357 e. The summed E-state index contributed by atoms with van der Waals surface area (Å²) in [7, 11) is 0. The van der Waals surface area contributed by atoms with E-state index in [2.05, 4.69) is 65.6 Å². The van der Waals surface area contributed by atoms with Crippen LogP contribution in [0.15, 0.2) is 102 Å². The Bertz CT molecular complexity index is 1000. The molecule has 0 unspecified atom stereocenters. The highest BCUT2D eigenvalue weighted by Crippen LogP contribution is 2.44. The van der Waals surface area contributed by atoms with Crippen LogP contribution in [0.1, 0.15) is 24.0 Å². The van der Waals surface area contributed by atoms with Gasteiger partial charge in [-0.2, -0.15) is 0 Å². The highest BCUT2D eigenvalue weighted by atomic mass is 16.1. The quantitative estimate of drug-likeness (QED) is 0.540. The summed E-state index contributed by atoms with van der Waals surface area (Å²) < 4.78 is 0. The van der Waals surface area contributed by atoms with Crippen molar-refractivity contribution in [1.82, 2.24) is 0 Å². The molecule has 0 spiro atoms. The fourth-order valence-electron chi connectivity index (χ4n) is 4.63. The molecule has 0 radical (unpaired) electrons. The fraction of sp³-hybridized carbons (Fsp3) is 0.148. The van der Waals surface area contributed by atoms with Crippen LogP contribution in [0.3, 0.4) is 0 Å². The molecule has 2 heteroatoms. The molecule has 3 aromatic carbocycles. The van der Waals surface area contributed by atoms with Crippen molar-refractivity contribution in [2.24, 2.45) is 0 Å². The van der Waals surface area contributed by atoms with Crippen molar-refractivity contribution in [1.29, 1.82) is 0 Å². The zero-order chi connectivity index (χ0) is 19.6. The molecule has 2 heterocycles. The molecule has 0 aromatic heterocycles. The molecule has 29 heavy (non-hydrogen) atoms. The van der Waals surface area contributed by atoms with E-state index in [4.69, 9.17) is 0 Å². The lowest BCUT2D eigenvalue weighted by molar-refractivity contribution is -0.112. The van der Waals surface area contributed by atoms with E-state index in [1.54, 1.807) is 0 Å². The first-order valence-electron chi connectivity index (χ1n) is 10.2. The molecular weight excluding hydrogens is 354 g/mol. The molecular formula is C27H23NO. The van der Waals surface area contributed by atoms with Gasteiger partial charge in [-0.3, -0.25) is 4.79 Å². The van der Waals surface area contributed by atoms with Crippen LogP contribution in [-0.4, -0.2) is 17.9 Å². The van der Waals surface area contributed by atoms with Crippen LogP contribution < -0.4 is 4.90 Å². The van der Waals surface area contributed by atoms with Crippen LogP contribution in [0.5, 0.6) is 0 Å². The Kier molecular flexibility index (Phi) is 4.61. The van der Waals surface area contributed by atoms with Gasteiger partial charge in [0, 0.05) is 16.8 Å². The number of fused-ring (bicyclic) bond motifs is 2. The fourth-order valence-corrected chi connectivity index (χ4v) is 4.63. The molecule has 0 N–H and O–H groups in total. The SMILES string of the molecule is O=C1C(=Cc2ccccc2)[C@H]2CC[C@@H](/C1=C\c1ccccc1)N2c1ccccc1. The normalized spacial score (nSPS) is 23.7. The first-order chi connectivity index (χ1) is 14.3. The number of piperidine rings is 1. The number of nitrogens with zero attached hydrogens (tertiary/aromatic N) is 1. The Morgan fingerprint density at radius 2 is 1.03 bits per heavy atom. The van der Waals surface area contributed by atoms with E-state index in [-0.39, 0.29) is 17.9 Å².